The molecule has 2 heterocycles. The predicted molar refractivity (Wildman–Crippen MR) is 67.3 cm³/mol. The molecule has 1 atom stereocenters. The number of rotatable bonds is 2. The summed E-state index contributed by atoms with van der Waals surface area (Å²) >= 11 is 5.81. The van der Waals surface area contributed by atoms with Gasteiger partial charge in [0.2, 0.25) is 5.91 Å². The Morgan fingerprint density at radius 2 is 2.41 bits per heavy atom. The summed E-state index contributed by atoms with van der Waals surface area (Å²) < 4.78 is 0. The Morgan fingerprint density at radius 1 is 1.53 bits per heavy atom. The molecular formula is C12H12ClN3O. The first-order valence-electron chi connectivity index (χ1n) is 5.57. The molecule has 0 saturated carbocycles. The third-order valence-electron chi connectivity index (χ3n) is 3.14. The molecule has 1 amide bonds. The molecule has 0 radical (unpaired) electrons. The second kappa shape index (κ2) is 4.04. The Labute approximate surface area is 104 Å². The second-order valence-corrected chi connectivity index (χ2v) is 4.64. The molecule has 0 spiro atoms. The van der Waals surface area contributed by atoms with Crippen LogP contribution in [0.1, 0.15) is 6.42 Å². The molecule has 1 unspecified atom stereocenters. The van der Waals surface area contributed by atoms with Crippen LogP contribution in [0.2, 0.25) is 0 Å². The predicted octanol–water partition coefficient (Wildman–Crippen LogP) is 2.15. The number of nitrogens with zero attached hydrogens (tertiary/aromatic N) is 2. The minimum atomic E-state index is 0.148. The van der Waals surface area contributed by atoms with Crippen LogP contribution in [0.4, 0.5) is 5.69 Å². The van der Waals surface area contributed by atoms with Crippen LogP contribution in [0, 0.1) is 5.92 Å². The summed E-state index contributed by atoms with van der Waals surface area (Å²) in [4.78, 5) is 20.9. The molecule has 3 rings (SSSR count). The van der Waals surface area contributed by atoms with Gasteiger partial charge in [0.15, 0.2) is 0 Å². The first-order chi connectivity index (χ1) is 8.28. The first kappa shape index (κ1) is 10.6. The number of halogens is 1. The summed E-state index contributed by atoms with van der Waals surface area (Å²) in [5, 5.41) is 0. The average molecular weight is 250 g/mol. The van der Waals surface area contributed by atoms with E-state index in [9.17, 15) is 4.79 Å². The number of aromatic nitrogens is 2. The van der Waals surface area contributed by atoms with Crippen molar-refractivity contribution in [3.8, 4) is 0 Å². The molecule has 1 aromatic heterocycles. The Kier molecular flexibility index (Phi) is 2.52. The van der Waals surface area contributed by atoms with Gasteiger partial charge < -0.3 is 9.88 Å². The molecule has 2 aromatic rings. The molecule has 4 nitrogen and oxygen atoms in total. The van der Waals surface area contributed by atoms with Crippen molar-refractivity contribution in [1.82, 2.24) is 9.97 Å². The molecule has 1 aromatic carbocycles. The van der Waals surface area contributed by atoms with Gasteiger partial charge in [0, 0.05) is 24.5 Å². The van der Waals surface area contributed by atoms with E-state index in [1.165, 1.54) is 0 Å². The highest BCUT2D eigenvalue weighted by atomic mass is 35.5. The Balaban J connectivity index is 1.95. The minimum Gasteiger partial charge on any atom is -0.345 e. The third-order valence-corrected chi connectivity index (χ3v) is 3.58. The normalized spacial score (nSPS) is 20.4. The van der Waals surface area contributed by atoms with Crippen LogP contribution in [0.15, 0.2) is 24.5 Å². The molecule has 0 bridgehead atoms. The number of imidazole rings is 1. The quantitative estimate of drug-likeness (QED) is 0.829. The van der Waals surface area contributed by atoms with Crippen molar-refractivity contribution < 1.29 is 4.79 Å². The van der Waals surface area contributed by atoms with Crippen molar-refractivity contribution in [1.29, 1.82) is 0 Å². The van der Waals surface area contributed by atoms with Gasteiger partial charge in [0.05, 0.1) is 17.4 Å². The van der Waals surface area contributed by atoms with Crippen LogP contribution in [0.5, 0.6) is 0 Å². The lowest BCUT2D eigenvalue weighted by Gasteiger charge is -2.16. The standard InChI is InChI=1S/C12H12ClN3O/c13-5-8-3-12(17)16(6-8)9-1-2-10-11(4-9)15-7-14-10/h1-2,4,7-8H,3,5-6H2,(H,14,15). The van der Waals surface area contributed by atoms with Gasteiger partial charge in [-0.05, 0) is 24.1 Å². The summed E-state index contributed by atoms with van der Waals surface area (Å²) in [6.45, 7) is 0.710. The zero-order valence-corrected chi connectivity index (χ0v) is 9.94. The summed E-state index contributed by atoms with van der Waals surface area (Å²) in [5.74, 6) is 0.949. The van der Waals surface area contributed by atoms with Gasteiger partial charge >= 0.3 is 0 Å². The summed E-state index contributed by atoms with van der Waals surface area (Å²) in [7, 11) is 0. The van der Waals surface area contributed by atoms with Gasteiger partial charge in [0.25, 0.3) is 0 Å². The highest BCUT2D eigenvalue weighted by Crippen LogP contribution is 2.27. The van der Waals surface area contributed by atoms with Gasteiger partial charge in [0.1, 0.15) is 0 Å². The lowest BCUT2D eigenvalue weighted by atomic mass is 10.1. The molecule has 0 aliphatic carbocycles. The average Bonchev–Trinajstić information content (AvgIpc) is 2.93. The molecule has 88 valence electrons. The monoisotopic (exact) mass is 249 g/mol. The molecule has 5 heteroatoms. The van der Waals surface area contributed by atoms with E-state index >= 15 is 0 Å². The van der Waals surface area contributed by atoms with E-state index in [1.54, 1.807) is 11.2 Å². The number of fused-ring (bicyclic) bond motifs is 1. The maximum atomic E-state index is 11.9. The van der Waals surface area contributed by atoms with E-state index in [0.717, 1.165) is 16.7 Å². The van der Waals surface area contributed by atoms with Crippen LogP contribution >= 0.6 is 11.6 Å². The molecule has 17 heavy (non-hydrogen) atoms. The first-order valence-corrected chi connectivity index (χ1v) is 6.11. The van der Waals surface area contributed by atoms with Crippen molar-refractivity contribution in [3.63, 3.8) is 0 Å². The van der Waals surface area contributed by atoms with Gasteiger partial charge in [-0.25, -0.2) is 4.98 Å². The third kappa shape index (κ3) is 1.78. The number of alkyl halides is 1. The number of carbonyl (C=O) groups excluding carboxylic acids is 1. The Morgan fingerprint density at radius 3 is 3.18 bits per heavy atom. The van der Waals surface area contributed by atoms with Crippen molar-refractivity contribution in [2.45, 2.75) is 6.42 Å². The topological polar surface area (TPSA) is 49.0 Å². The summed E-state index contributed by atoms with van der Waals surface area (Å²) in [6.07, 6.45) is 2.20. The molecule has 1 saturated heterocycles. The molecule has 1 aliphatic heterocycles. The highest BCUT2D eigenvalue weighted by molar-refractivity contribution is 6.18. The number of carbonyl (C=O) groups is 1. The number of hydrogen-bond acceptors (Lipinski definition) is 2. The summed E-state index contributed by atoms with van der Waals surface area (Å²) in [6, 6.07) is 5.80. The van der Waals surface area contributed by atoms with E-state index in [0.29, 0.717) is 18.8 Å². The smallest absolute Gasteiger partial charge is 0.227 e. The number of H-pyrrole nitrogens is 1. The number of nitrogens with one attached hydrogen (secondary N) is 1. The SMILES string of the molecule is O=C1CC(CCl)CN1c1ccc2nc[nH]c2c1. The number of amides is 1. The van der Waals surface area contributed by atoms with Crippen LogP contribution in [-0.2, 0) is 4.79 Å². The zero-order chi connectivity index (χ0) is 11.8. The second-order valence-electron chi connectivity index (χ2n) is 4.33. The van der Waals surface area contributed by atoms with Crippen LogP contribution in [0.25, 0.3) is 11.0 Å². The summed E-state index contributed by atoms with van der Waals surface area (Å²) in [5.41, 5.74) is 2.78. The number of anilines is 1. The fourth-order valence-electron chi connectivity index (χ4n) is 2.23. The molecular weight excluding hydrogens is 238 g/mol. The Hall–Kier alpha value is -1.55. The fourth-order valence-corrected chi connectivity index (χ4v) is 2.43. The maximum absolute atomic E-state index is 11.9. The van der Waals surface area contributed by atoms with E-state index in [-0.39, 0.29) is 11.8 Å². The molecule has 1 aliphatic rings. The zero-order valence-electron chi connectivity index (χ0n) is 9.19. The number of hydrogen-bond donors (Lipinski definition) is 1. The van der Waals surface area contributed by atoms with E-state index in [1.807, 2.05) is 18.2 Å². The lowest BCUT2D eigenvalue weighted by Crippen LogP contribution is -2.24. The molecule has 1 N–H and O–H groups in total. The van der Waals surface area contributed by atoms with Crippen LogP contribution in [0.3, 0.4) is 0 Å². The van der Waals surface area contributed by atoms with Crippen LogP contribution < -0.4 is 4.90 Å². The van der Waals surface area contributed by atoms with Gasteiger partial charge in [-0.1, -0.05) is 0 Å². The Bertz CT molecular complexity index is 566. The highest BCUT2D eigenvalue weighted by Gasteiger charge is 2.29. The molecule has 1 fully saturated rings. The van der Waals surface area contributed by atoms with E-state index in [2.05, 4.69) is 9.97 Å². The van der Waals surface area contributed by atoms with Gasteiger partial charge in [-0.2, -0.15) is 0 Å². The minimum absolute atomic E-state index is 0.148. The largest absolute Gasteiger partial charge is 0.345 e. The van der Waals surface area contributed by atoms with Crippen molar-refractivity contribution in [2.24, 2.45) is 5.92 Å². The number of benzene rings is 1. The lowest BCUT2D eigenvalue weighted by molar-refractivity contribution is -0.117. The fraction of sp³-hybridized carbons (Fsp3) is 0.333. The van der Waals surface area contributed by atoms with Gasteiger partial charge in [-0.3, -0.25) is 4.79 Å². The van der Waals surface area contributed by atoms with Gasteiger partial charge in [-0.15, -0.1) is 11.6 Å². The van der Waals surface area contributed by atoms with E-state index < -0.39 is 0 Å². The number of aromatic amines is 1. The van der Waals surface area contributed by atoms with Crippen molar-refractivity contribution >= 4 is 34.2 Å². The van der Waals surface area contributed by atoms with E-state index in [4.69, 9.17) is 11.6 Å². The van der Waals surface area contributed by atoms with Crippen LogP contribution in [-0.4, -0.2) is 28.3 Å². The van der Waals surface area contributed by atoms with Crippen molar-refractivity contribution in [3.05, 3.63) is 24.5 Å². The maximum Gasteiger partial charge on any atom is 0.227 e. The van der Waals surface area contributed by atoms with Crippen molar-refractivity contribution in [2.75, 3.05) is 17.3 Å².